The Morgan fingerprint density at radius 2 is 2.00 bits per heavy atom. The molecule has 17 heavy (non-hydrogen) atoms. The Kier molecular flexibility index (Phi) is 3.78. The molecule has 94 valence electrons. The average molecular weight is 236 g/mol. The van der Waals surface area contributed by atoms with Gasteiger partial charge in [-0.25, -0.2) is 4.98 Å². The standard InChI is InChI=1S/C12H20N4O/c1-9(2)17-11-8-10(3)14-12(15-11)16-6-4-13-5-7-16/h8-9,13H,4-7H2,1-3H3. The molecule has 0 atom stereocenters. The lowest BCUT2D eigenvalue weighted by Crippen LogP contribution is -2.44. The van der Waals surface area contributed by atoms with Crippen LogP contribution < -0.4 is 15.0 Å². The summed E-state index contributed by atoms with van der Waals surface area (Å²) in [5.41, 5.74) is 0.948. The van der Waals surface area contributed by atoms with E-state index in [1.165, 1.54) is 0 Å². The van der Waals surface area contributed by atoms with Crippen LogP contribution in [-0.2, 0) is 0 Å². The summed E-state index contributed by atoms with van der Waals surface area (Å²) in [6.45, 7) is 9.84. The lowest BCUT2D eigenvalue weighted by atomic mass is 10.4. The van der Waals surface area contributed by atoms with Crippen molar-refractivity contribution in [3.05, 3.63) is 11.8 Å². The number of hydrogen-bond acceptors (Lipinski definition) is 5. The SMILES string of the molecule is Cc1cc(OC(C)C)nc(N2CCNCC2)n1. The van der Waals surface area contributed by atoms with Crippen LogP contribution in [0.3, 0.4) is 0 Å². The highest BCUT2D eigenvalue weighted by Gasteiger charge is 2.14. The molecule has 1 aliphatic rings. The minimum atomic E-state index is 0.139. The van der Waals surface area contributed by atoms with Crippen molar-refractivity contribution in [1.29, 1.82) is 0 Å². The third-order valence-electron chi connectivity index (χ3n) is 2.58. The molecule has 1 aromatic heterocycles. The van der Waals surface area contributed by atoms with E-state index in [2.05, 4.69) is 20.2 Å². The van der Waals surface area contributed by atoms with Gasteiger partial charge in [-0.1, -0.05) is 0 Å². The van der Waals surface area contributed by atoms with Gasteiger partial charge in [0.05, 0.1) is 6.10 Å². The first-order valence-corrected chi connectivity index (χ1v) is 6.13. The zero-order valence-corrected chi connectivity index (χ0v) is 10.7. The van der Waals surface area contributed by atoms with E-state index in [1.807, 2.05) is 26.8 Å². The molecule has 0 radical (unpaired) electrons. The number of nitrogens with one attached hydrogen (secondary N) is 1. The third-order valence-corrected chi connectivity index (χ3v) is 2.58. The fraction of sp³-hybridized carbons (Fsp3) is 0.667. The summed E-state index contributed by atoms with van der Waals surface area (Å²) >= 11 is 0. The number of ether oxygens (including phenoxy) is 1. The molecular formula is C12H20N4O. The van der Waals surface area contributed by atoms with Crippen LogP contribution in [0.15, 0.2) is 6.07 Å². The van der Waals surface area contributed by atoms with Crippen LogP contribution in [0.4, 0.5) is 5.95 Å². The number of hydrogen-bond donors (Lipinski definition) is 1. The van der Waals surface area contributed by atoms with E-state index >= 15 is 0 Å². The van der Waals surface area contributed by atoms with Crippen LogP contribution in [-0.4, -0.2) is 42.3 Å². The molecule has 1 aliphatic heterocycles. The van der Waals surface area contributed by atoms with Crippen LogP contribution in [0.2, 0.25) is 0 Å². The smallest absolute Gasteiger partial charge is 0.228 e. The van der Waals surface area contributed by atoms with Crippen molar-refractivity contribution in [1.82, 2.24) is 15.3 Å². The predicted octanol–water partition coefficient (Wildman–Crippen LogP) is 0.982. The Labute approximate surface area is 102 Å². The van der Waals surface area contributed by atoms with E-state index in [1.54, 1.807) is 0 Å². The van der Waals surface area contributed by atoms with Crippen LogP contribution in [0.1, 0.15) is 19.5 Å². The Hall–Kier alpha value is -1.36. The van der Waals surface area contributed by atoms with Crippen molar-refractivity contribution in [3.8, 4) is 5.88 Å². The molecule has 0 spiro atoms. The molecule has 0 amide bonds. The third kappa shape index (κ3) is 3.30. The summed E-state index contributed by atoms with van der Waals surface area (Å²) in [5.74, 6) is 1.45. The zero-order chi connectivity index (χ0) is 12.3. The number of aryl methyl sites for hydroxylation is 1. The van der Waals surface area contributed by atoms with Crippen LogP contribution in [0.5, 0.6) is 5.88 Å². The molecule has 0 aliphatic carbocycles. The zero-order valence-electron chi connectivity index (χ0n) is 10.7. The number of anilines is 1. The number of piperazine rings is 1. The highest BCUT2D eigenvalue weighted by Crippen LogP contribution is 2.16. The predicted molar refractivity (Wildman–Crippen MR) is 67.6 cm³/mol. The van der Waals surface area contributed by atoms with E-state index in [0.717, 1.165) is 37.8 Å². The van der Waals surface area contributed by atoms with Gasteiger partial charge in [0.2, 0.25) is 11.8 Å². The molecular weight excluding hydrogens is 216 g/mol. The molecule has 1 saturated heterocycles. The molecule has 0 bridgehead atoms. The minimum Gasteiger partial charge on any atom is -0.475 e. The van der Waals surface area contributed by atoms with E-state index < -0.39 is 0 Å². The maximum atomic E-state index is 5.63. The summed E-state index contributed by atoms with van der Waals surface area (Å²) in [6.07, 6.45) is 0.139. The molecule has 2 heterocycles. The fourth-order valence-electron chi connectivity index (χ4n) is 1.83. The summed E-state index contributed by atoms with van der Waals surface area (Å²) in [5, 5.41) is 3.32. The molecule has 5 heteroatoms. The van der Waals surface area contributed by atoms with Crippen molar-refractivity contribution in [2.24, 2.45) is 0 Å². The second-order valence-corrected chi connectivity index (χ2v) is 4.55. The first-order valence-electron chi connectivity index (χ1n) is 6.13. The van der Waals surface area contributed by atoms with E-state index in [0.29, 0.717) is 5.88 Å². The molecule has 5 nitrogen and oxygen atoms in total. The second kappa shape index (κ2) is 5.31. The molecule has 1 aromatic rings. The van der Waals surface area contributed by atoms with E-state index in [4.69, 9.17) is 4.74 Å². The number of aromatic nitrogens is 2. The van der Waals surface area contributed by atoms with Gasteiger partial charge in [-0.2, -0.15) is 4.98 Å². The van der Waals surface area contributed by atoms with Gasteiger partial charge in [0.1, 0.15) is 0 Å². The van der Waals surface area contributed by atoms with Gasteiger partial charge in [-0.3, -0.25) is 0 Å². The maximum absolute atomic E-state index is 5.63. The van der Waals surface area contributed by atoms with Gasteiger partial charge < -0.3 is 15.0 Å². The fourth-order valence-corrected chi connectivity index (χ4v) is 1.83. The number of nitrogens with zero attached hydrogens (tertiary/aromatic N) is 3. The van der Waals surface area contributed by atoms with Crippen molar-refractivity contribution in [2.75, 3.05) is 31.1 Å². The summed E-state index contributed by atoms with van der Waals surface area (Å²) in [4.78, 5) is 11.1. The van der Waals surface area contributed by atoms with E-state index in [9.17, 15) is 0 Å². The Balaban J connectivity index is 2.18. The van der Waals surface area contributed by atoms with Crippen molar-refractivity contribution in [3.63, 3.8) is 0 Å². The molecule has 0 aromatic carbocycles. The summed E-state index contributed by atoms with van der Waals surface area (Å²) < 4.78 is 5.63. The van der Waals surface area contributed by atoms with Crippen LogP contribution in [0, 0.1) is 6.92 Å². The van der Waals surface area contributed by atoms with Gasteiger partial charge in [0.15, 0.2) is 0 Å². The van der Waals surface area contributed by atoms with Crippen LogP contribution in [0.25, 0.3) is 0 Å². The largest absolute Gasteiger partial charge is 0.475 e. The van der Waals surface area contributed by atoms with Gasteiger partial charge in [0.25, 0.3) is 0 Å². The Morgan fingerprint density at radius 1 is 1.29 bits per heavy atom. The highest BCUT2D eigenvalue weighted by atomic mass is 16.5. The average Bonchev–Trinajstić information content (AvgIpc) is 2.28. The minimum absolute atomic E-state index is 0.139. The van der Waals surface area contributed by atoms with E-state index in [-0.39, 0.29) is 6.10 Å². The monoisotopic (exact) mass is 236 g/mol. The molecule has 2 rings (SSSR count). The first-order chi connectivity index (χ1) is 8.15. The van der Waals surface area contributed by atoms with Crippen molar-refractivity contribution < 1.29 is 4.74 Å². The summed E-state index contributed by atoms with van der Waals surface area (Å²) in [7, 11) is 0. The lowest BCUT2D eigenvalue weighted by molar-refractivity contribution is 0.232. The van der Waals surface area contributed by atoms with Gasteiger partial charge >= 0.3 is 0 Å². The van der Waals surface area contributed by atoms with Gasteiger partial charge in [0, 0.05) is 37.9 Å². The Morgan fingerprint density at radius 3 is 2.65 bits per heavy atom. The van der Waals surface area contributed by atoms with Gasteiger partial charge in [-0.15, -0.1) is 0 Å². The van der Waals surface area contributed by atoms with Crippen molar-refractivity contribution >= 4 is 5.95 Å². The second-order valence-electron chi connectivity index (χ2n) is 4.55. The quantitative estimate of drug-likeness (QED) is 0.848. The topological polar surface area (TPSA) is 50.3 Å². The number of rotatable bonds is 3. The van der Waals surface area contributed by atoms with Crippen molar-refractivity contribution in [2.45, 2.75) is 26.9 Å². The molecule has 0 saturated carbocycles. The first kappa shape index (κ1) is 12.1. The van der Waals surface area contributed by atoms with Crippen LogP contribution >= 0.6 is 0 Å². The normalized spacial score (nSPS) is 16.4. The maximum Gasteiger partial charge on any atom is 0.228 e. The molecule has 1 N–H and O–H groups in total. The molecule has 0 unspecified atom stereocenters. The van der Waals surface area contributed by atoms with Gasteiger partial charge in [-0.05, 0) is 20.8 Å². The highest BCUT2D eigenvalue weighted by molar-refractivity contribution is 5.35. The molecule has 1 fully saturated rings. The summed E-state index contributed by atoms with van der Waals surface area (Å²) in [6, 6.07) is 1.88. The Bertz CT molecular complexity index is 375. The lowest BCUT2D eigenvalue weighted by Gasteiger charge is -2.27.